The average molecular weight is 439 g/mol. The van der Waals surface area contributed by atoms with Crippen LogP contribution in [0.5, 0.6) is 5.75 Å². The van der Waals surface area contributed by atoms with Gasteiger partial charge in [0.2, 0.25) is 0 Å². The molecule has 0 amide bonds. The van der Waals surface area contributed by atoms with Gasteiger partial charge < -0.3 is 9.15 Å². The van der Waals surface area contributed by atoms with Crippen LogP contribution in [0.15, 0.2) is 87.2 Å². The first-order valence-electron chi connectivity index (χ1n) is 10.1. The lowest BCUT2D eigenvalue weighted by Crippen LogP contribution is -2.01. The van der Waals surface area contributed by atoms with E-state index in [9.17, 15) is 4.79 Å². The van der Waals surface area contributed by atoms with Crippen LogP contribution >= 0.6 is 11.8 Å². The van der Waals surface area contributed by atoms with Crippen LogP contribution in [-0.2, 0) is 5.75 Å². The van der Waals surface area contributed by atoms with Crippen molar-refractivity contribution in [1.82, 2.24) is 14.4 Å². The predicted molar refractivity (Wildman–Crippen MR) is 127 cm³/mol. The molecular formula is C25H17N3O3S. The minimum atomic E-state index is -0.383. The standard InChI is InChI=1S/C25H17N3O3S/c1-30-16-10-11-17-15(12-23(29)31-22(17)13-16)14-32-25-27-19-7-3-2-6-18(19)24-26-20-8-4-5-9-21(20)28(24)25/h2-13H,14H2,1H3. The molecule has 0 radical (unpaired) electrons. The summed E-state index contributed by atoms with van der Waals surface area (Å²) in [6.07, 6.45) is 0. The van der Waals surface area contributed by atoms with E-state index in [2.05, 4.69) is 10.5 Å². The highest BCUT2D eigenvalue weighted by Gasteiger charge is 2.15. The third-order valence-electron chi connectivity index (χ3n) is 5.51. The quantitative estimate of drug-likeness (QED) is 0.207. The summed E-state index contributed by atoms with van der Waals surface area (Å²) in [5, 5.41) is 2.71. The zero-order valence-corrected chi connectivity index (χ0v) is 17.9. The number of methoxy groups -OCH3 is 1. The second-order valence-electron chi connectivity index (χ2n) is 7.41. The van der Waals surface area contributed by atoms with E-state index in [1.165, 1.54) is 0 Å². The molecule has 0 spiro atoms. The van der Waals surface area contributed by atoms with E-state index in [-0.39, 0.29) is 5.63 Å². The Hall–Kier alpha value is -3.84. The summed E-state index contributed by atoms with van der Waals surface area (Å²) in [6, 6.07) is 23.1. The summed E-state index contributed by atoms with van der Waals surface area (Å²) in [5.41, 5.74) is 4.71. The molecule has 3 aromatic carbocycles. The molecule has 3 aromatic heterocycles. The van der Waals surface area contributed by atoms with Crippen LogP contribution in [0.25, 0.3) is 38.6 Å². The van der Waals surface area contributed by atoms with Gasteiger partial charge in [0.15, 0.2) is 5.16 Å². The molecule has 0 aliphatic rings. The molecule has 0 atom stereocenters. The highest BCUT2D eigenvalue weighted by molar-refractivity contribution is 7.98. The Balaban J connectivity index is 1.51. The van der Waals surface area contributed by atoms with Gasteiger partial charge in [-0.2, -0.15) is 0 Å². The van der Waals surface area contributed by atoms with Crippen molar-refractivity contribution < 1.29 is 9.15 Å². The van der Waals surface area contributed by atoms with Crippen LogP contribution in [0.4, 0.5) is 0 Å². The van der Waals surface area contributed by atoms with E-state index < -0.39 is 0 Å². The van der Waals surface area contributed by atoms with Crippen LogP contribution in [-0.4, -0.2) is 21.5 Å². The Bertz CT molecular complexity index is 1700. The van der Waals surface area contributed by atoms with Crippen molar-refractivity contribution in [2.75, 3.05) is 7.11 Å². The van der Waals surface area contributed by atoms with Gasteiger partial charge >= 0.3 is 5.63 Å². The van der Waals surface area contributed by atoms with Crippen molar-refractivity contribution in [3.8, 4) is 5.75 Å². The second-order valence-corrected chi connectivity index (χ2v) is 8.35. The smallest absolute Gasteiger partial charge is 0.336 e. The summed E-state index contributed by atoms with van der Waals surface area (Å²) >= 11 is 1.57. The van der Waals surface area contributed by atoms with E-state index in [0.717, 1.165) is 43.7 Å². The highest BCUT2D eigenvalue weighted by Crippen LogP contribution is 2.32. The topological polar surface area (TPSA) is 69.6 Å². The monoisotopic (exact) mass is 439 g/mol. The number of ether oxygens (including phenoxy) is 1. The zero-order valence-electron chi connectivity index (χ0n) is 17.1. The van der Waals surface area contributed by atoms with E-state index in [0.29, 0.717) is 17.1 Å². The van der Waals surface area contributed by atoms with E-state index in [1.54, 1.807) is 31.0 Å². The van der Waals surface area contributed by atoms with E-state index in [1.807, 2.05) is 54.6 Å². The highest BCUT2D eigenvalue weighted by atomic mass is 32.2. The third-order valence-corrected chi connectivity index (χ3v) is 6.49. The first kappa shape index (κ1) is 18.9. The second kappa shape index (κ2) is 7.39. The summed E-state index contributed by atoms with van der Waals surface area (Å²) < 4.78 is 12.8. The molecule has 0 saturated carbocycles. The number of rotatable bonds is 4. The van der Waals surface area contributed by atoms with Crippen molar-refractivity contribution in [3.05, 3.63) is 88.8 Å². The number of thioether (sulfide) groups is 1. The minimum Gasteiger partial charge on any atom is -0.497 e. The van der Waals surface area contributed by atoms with Crippen LogP contribution in [0.1, 0.15) is 5.56 Å². The SMILES string of the molecule is COc1ccc2c(CSc3nc4ccccc4c4nc5ccccc5n34)cc(=O)oc2c1. The van der Waals surface area contributed by atoms with Gasteiger partial charge in [0.05, 0.1) is 23.7 Å². The van der Waals surface area contributed by atoms with E-state index >= 15 is 0 Å². The van der Waals surface area contributed by atoms with Gasteiger partial charge in [-0.25, -0.2) is 14.8 Å². The van der Waals surface area contributed by atoms with Gasteiger partial charge in [-0.05, 0) is 42.0 Å². The summed E-state index contributed by atoms with van der Waals surface area (Å²) in [7, 11) is 1.59. The molecule has 6 aromatic rings. The molecule has 7 heteroatoms. The van der Waals surface area contributed by atoms with Crippen LogP contribution in [0, 0.1) is 0 Å². The number of aromatic nitrogens is 3. The molecule has 0 unspecified atom stereocenters. The van der Waals surface area contributed by atoms with E-state index in [4.69, 9.17) is 19.1 Å². The Morgan fingerprint density at radius 2 is 1.75 bits per heavy atom. The molecule has 0 aliphatic heterocycles. The molecule has 0 saturated heterocycles. The maximum atomic E-state index is 12.2. The summed E-state index contributed by atoms with van der Waals surface area (Å²) in [4.78, 5) is 22.0. The maximum Gasteiger partial charge on any atom is 0.336 e. The lowest BCUT2D eigenvalue weighted by Gasteiger charge is -2.10. The lowest BCUT2D eigenvalue weighted by atomic mass is 10.1. The van der Waals surface area contributed by atoms with Gasteiger partial charge in [0.25, 0.3) is 0 Å². The fourth-order valence-electron chi connectivity index (χ4n) is 4.01. The van der Waals surface area contributed by atoms with Gasteiger partial charge in [-0.1, -0.05) is 36.0 Å². The van der Waals surface area contributed by atoms with Crippen LogP contribution in [0.3, 0.4) is 0 Å². The van der Waals surface area contributed by atoms with Crippen molar-refractivity contribution >= 4 is 50.3 Å². The predicted octanol–water partition coefficient (Wildman–Crippen LogP) is 5.44. The fourth-order valence-corrected chi connectivity index (χ4v) is 5.01. The van der Waals surface area contributed by atoms with Gasteiger partial charge in [0.1, 0.15) is 17.0 Å². The zero-order chi connectivity index (χ0) is 21.7. The normalized spacial score (nSPS) is 11.7. The lowest BCUT2D eigenvalue weighted by molar-refractivity contribution is 0.414. The van der Waals surface area contributed by atoms with Crippen molar-refractivity contribution in [2.45, 2.75) is 10.9 Å². The Labute approximate surface area is 186 Å². The Kier molecular flexibility index (Phi) is 4.36. The third kappa shape index (κ3) is 3.01. The number of benzene rings is 3. The van der Waals surface area contributed by atoms with Crippen LogP contribution < -0.4 is 10.4 Å². The molecule has 156 valence electrons. The van der Waals surface area contributed by atoms with Crippen molar-refractivity contribution in [3.63, 3.8) is 0 Å². The molecule has 3 heterocycles. The van der Waals surface area contributed by atoms with Gasteiger partial charge in [-0.3, -0.25) is 4.40 Å². The summed E-state index contributed by atoms with van der Waals surface area (Å²) in [5.74, 6) is 1.20. The average Bonchev–Trinajstić information content (AvgIpc) is 3.22. The molecule has 32 heavy (non-hydrogen) atoms. The molecule has 6 nitrogen and oxygen atoms in total. The molecule has 0 fully saturated rings. The molecule has 0 N–H and O–H groups in total. The first-order chi connectivity index (χ1) is 15.7. The van der Waals surface area contributed by atoms with Crippen molar-refractivity contribution in [2.24, 2.45) is 0 Å². The van der Waals surface area contributed by atoms with Crippen LogP contribution in [0.2, 0.25) is 0 Å². The number of para-hydroxylation sites is 3. The van der Waals surface area contributed by atoms with Gasteiger partial charge in [-0.15, -0.1) is 0 Å². The number of fused-ring (bicyclic) bond motifs is 6. The molecule has 6 rings (SSSR count). The number of hydrogen-bond acceptors (Lipinski definition) is 6. The molecule has 0 bridgehead atoms. The number of imidazole rings is 1. The van der Waals surface area contributed by atoms with Gasteiger partial charge in [0, 0.05) is 28.7 Å². The maximum absolute atomic E-state index is 12.2. The summed E-state index contributed by atoms with van der Waals surface area (Å²) in [6.45, 7) is 0. The first-order valence-corrected chi connectivity index (χ1v) is 11.1. The Morgan fingerprint density at radius 1 is 0.938 bits per heavy atom. The fraction of sp³-hybridized carbons (Fsp3) is 0.0800. The number of nitrogens with zero attached hydrogens (tertiary/aromatic N) is 3. The number of hydrogen-bond donors (Lipinski definition) is 0. The molecule has 0 aliphatic carbocycles. The Morgan fingerprint density at radius 3 is 2.62 bits per heavy atom. The minimum absolute atomic E-state index is 0.383. The molecular weight excluding hydrogens is 422 g/mol. The largest absolute Gasteiger partial charge is 0.497 e. The van der Waals surface area contributed by atoms with Crippen molar-refractivity contribution in [1.29, 1.82) is 0 Å².